The summed E-state index contributed by atoms with van der Waals surface area (Å²) in [5, 5.41) is 22.2. The van der Waals surface area contributed by atoms with Crippen molar-refractivity contribution in [2.24, 2.45) is 17.6 Å². The summed E-state index contributed by atoms with van der Waals surface area (Å²) < 4.78 is 0. The molecule has 0 aromatic rings. The number of carboxylic acid groups (broad SMARTS) is 2. The molecule has 0 saturated carbocycles. The van der Waals surface area contributed by atoms with Crippen LogP contribution in [-0.2, 0) is 19.2 Å². The quantitative estimate of drug-likeness (QED) is 0.368. The molecule has 9 nitrogen and oxygen atoms in total. The van der Waals surface area contributed by atoms with E-state index in [0.717, 1.165) is 0 Å². The number of carboxylic acids is 2. The molecule has 6 N–H and O–H groups in total. The van der Waals surface area contributed by atoms with E-state index in [9.17, 15) is 19.2 Å². The predicted octanol–water partition coefficient (Wildman–Crippen LogP) is -0.845. The molecule has 0 unspecified atom stereocenters. The molecule has 9 heteroatoms. The largest absolute Gasteiger partial charge is 0.481 e. The molecule has 0 aliphatic rings. The molecule has 0 bridgehead atoms. The minimum atomic E-state index is -1.57. The van der Waals surface area contributed by atoms with Crippen molar-refractivity contribution in [2.45, 2.75) is 52.2 Å². The van der Waals surface area contributed by atoms with Gasteiger partial charge in [0, 0.05) is 0 Å². The van der Waals surface area contributed by atoms with Crippen LogP contribution in [0.3, 0.4) is 0 Å². The average Bonchev–Trinajstić information content (AvgIpc) is 2.41. The summed E-state index contributed by atoms with van der Waals surface area (Å²) in [5.41, 5.74) is 5.71. The van der Waals surface area contributed by atoms with Crippen molar-refractivity contribution in [1.29, 1.82) is 0 Å². The van der Waals surface area contributed by atoms with Crippen molar-refractivity contribution in [1.82, 2.24) is 10.6 Å². The minimum Gasteiger partial charge on any atom is -0.481 e. The van der Waals surface area contributed by atoms with Gasteiger partial charge in [-0.15, -0.1) is 0 Å². The summed E-state index contributed by atoms with van der Waals surface area (Å²) in [6.07, 6.45) is -0.759. The summed E-state index contributed by atoms with van der Waals surface area (Å²) in [4.78, 5) is 45.8. The number of nitrogens with one attached hydrogen (secondary N) is 2. The maximum atomic E-state index is 12.2. The monoisotopic (exact) mass is 331 g/mol. The van der Waals surface area contributed by atoms with Crippen LogP contribution in [0.25, 0.3) is 0 Å². The van der Waals surface area contributed by atoms with Crippen LogP contribution in [0.1, 0.15) is 34.1 Å². The van der Waals surface area contributed by atoms with Gasteiger partial charge in [-0.1, -0.05) is 27.7 Å². The molecule has 0 fully saturated rings. The summed E-state index contributed by atoms with van der Waals surface area (Å²) in [5.74, 6) is -4.59. The zero-order chi connectivity index (χ0) is 18.3. The van der Waals surface area contributed by atoms with Gasteiger partial charge in [0.1, 0.15) is 12.1 Å². The molecular weight excluding hydrogens is 306 g/mol. The first-order valence-electron chi connectivity index (χ1n) is 7.28. The number of carbonyl (C=O) groups excluding carboxylic acids is 2. The Bertz CT molecular complexity index is 463. The lowest BCUT2D eigenvalue weighted by Crippen LogP contribution is -2.57. The summed E-state index contributed by atoms with van der Waals surface area (Å²) >= 11 is 0. The second-order valence-electron chi connectivity index (χ2n) is 6.00. The molecule has 0 saturated heterocycles. The van der Waals surface area contributed by atoms with Crippen molar-refractivity contribution >= 4 is 23.8 Å². The lowest BCUT2D eigenvalue weighted by molar-refractivity contribution is -0.147. The van der Waals surface area contributed by atoms with E-state index in [1.807, 2.05) is 0 Å². The van der Waals surface area contributed by atoms with E-state index >= 15 is 0 Å². The summed E-state index contributed by atoms with van der Waals surface area (Å²) in [6.45, 7) is 6.83. The van der Waals surface area contributed by atoms with Gasteiger partial charge < -0.3 is 26.6 Å². The van der Waals surface area contributed by atoms with Gasteiger partial charge >= 0.3 is 11.9 Å². The maximum absolute atomic E-state index is 12.2. The number of hydrogen-bond acceptors (Lipinski definition) is 5. The Morgan fingerprint density at radius 1 is 0.913 bits per heavy atom. The Kier molecular flexibility index (Phi) is 8.23. The first-order valence-corrected chi connectivity index (χ1v) is 7.28. The second kappa shape index (κ2) is 9.09. The molecule has 0 radical (unpaired) electrons. The summed E-state index contributed by atoms with van der Waals surface area (Å²) in [6, 6.07) is -3.39. The Morgan fingerprint density at radius 2 is 1.43 bits per heavy atom. The van der Waals surface area contributed by atoms with Crippen LogP contribution in [-0.4, -0.2) is 52.1 Å². The highest BCUT2D eigenvalue weighted by molar-refractivity contribution is 5.92. The van der Waals surface area contributed by atoms with Crippen LogP contribution in [0, 0.1) is 11.8 Å². The van der Waals surface area contributed by atoms with Crippen LogP contribution in [0.4, 0.5) is 0 Å². The molecule has 0 heterocycles. The van der Waals surface area contributed by atoms with E-state index in [-0.39, 0.29) is 11.8 Å². The van der Waals surface area contributed by atoms with Gasteiger partial charge in [0.25, 0.3) is 0 Å². The SMILES string of the molecule is CC(C)[C@H](N)C(=O)N[C@H](C(=O)N[C@@H](CC(=O)O)C(=O)O)C(C)C. The Morgan fingerprint density at radius 3 is 1.78 bits per heavy atom. The second-order valence-corrected chi connectivity index (χ2v) is 6.00. The van der Waals surface area contributed by atoms with Gasteiger partial charge in [0.15, 0.2) is 0 Å². The molecule has 3 atom stereocenters. The first-order chi connectivity index (χ1) is 10.5. The van der Waals surface area contributed by atoms with Crippen molar-refractivity contribution in [2.75, 3.05) is 0 Å². The van der Waals surface area contributed by atoms with Gasteiger partial charge in [-0.3, -0.25) is 14.4 Å². The normalized spacial score (nSPS) is 14.9. The van der Waals surface area contributed by atoms with Crippen LogP contribution >= 0.6 is 0 Å². The molecular formula is C14H25N3O6. The first kappa shape index (κ1) is 20.8. The molecule has 0 aromatic heterocycles. The van der Waals surface area contributed by atoms with E-state index in [1.54, 1.807) is 27.7 Å². The maximum Gasteiger partial charge on any atom is 0.326 e. The minimum absolute atomic E-state index is 0.135. The van der Waals surface area contributed by atoms with Crippen LogP contribution in [0.2, 0.25) is 0 Å². The smallest absolute Gasteiger partial charge is 0.326 e. The van der Waals surface area contributed by atoms with Gasteiger partial charge in [-0.25, -0.2) is 4.79 Å². The average molecular weight is 331 g/mol. The van der Waals surface area contributed by atoms with Crippen molar-refractivity contribution in [3.8, 4) is 0 Å². The molecule has 23 heavy (non-hydrogen) atoms. The lowest BCUT2D eigenvalue weighted by Gasteiger charge is -2.25. The number of amides is 2. The molecule has 0 rings (SSSR count). The fourth-order valence-electron chi connectivity index (χ4n) is 1.72. The zero-order valence-corrected chi connectivity index (χ0v) is 13.7. The Labute approximate surface area is 134 Å². The van der Waals surface area contributed by atoms with Gasteiger partial charge in [-0.05, 0) is 11.8 Å². The zero-order valence-electron chi connectivity index (χ0n) is 13.7. The topological polar surface area (TPSA) is 159 Å². The van der Waals surface area contributed by atoms with Crippen molar-refractivity contribution in [3.05, 3.63) is 0 Å². The Hall–Kier alpha value is -2.16. The van der Waals surface area contributed by atoms with Gasteiger partial charge in [-0.2, -0.15) is 0 Å². The van der Waals surface area contributed by atoms with Crippen molar-refractivity contribution < 1.29 is 29.4 Å². The summed E-state index contributed by atoms with van der Waals surface area (Å²) in [7, 11) is 0. The van der Waals surface area contributed by atoms with E-state index in [2.05, 4.69) is 10.6 Å². The standard InChI is InChI=1S/C14H25N3O6/c1-6(2)10(15)12(20)17-11(7(3)4)13(21)16-8(14(22)23)5-9(18)19/h6-8,10-11H,5,15H2,1-4H3,(H,16,21)(H,17,20)(H,18,19)(H,22,23)/t8-,10-,11-/m0/s1. The third-order valence-corrected chi connectivity index (χ3v) is 3.26. The van der Waals surface area contributed by atoms with Gasteiger partial charge in [0.05, 0.1) is 12.5 Å². The highest BCUT2D eigenvalue weighted by Gasteiger charge is 2.31. The molecule has 132 valence electrons. The fourth-order valence-corrected chi connectivity index (χ4v) is 1.72. The number of aliphatic carboxylic acids is 2. The molecule has 0 aliphatic heterocycles. The van der Waals surface area contributed by atoms with Gasteiger partial charge in [0.2, 0.25) is 11.8 Å². The van der Waals surface area contributed by atoms with Crippen LogP contribution < -0.4 is 16.4 Å². The molecule has 2 amide bonds. The molecule has 0 spiro atoms. The fraction of sp³-hybridized carbons (Fsp3) is 0.714. The predicted molar refractivity (Wildman–Crippen MR) is 81.4 cm³/mol. The molecule has 0 aromatic carbocycles. The van der Waals surface area contributed by atoms with Crippen LogP contribution in [0.5, 0.6) is 0 Å². The highest BCUT2D eigenvalue weighted by Crippen LogP contribution is 2.06. The van der Waals surface area contributed by atoms with Crippen LogP contribution in [0.15, 0.2) is 0 Å². The number of nitrogens with two attached hydrogens (primary N) is 1. The lowest BCUT2D eigenvalue weighted by atomic mass is 10.00. The number of carbonyl (C=O) groups is 4. The third-order valence-electron chi connectivity index (χ3n) is 3.26. The third kappa shape index (κ3) is 7.09. The number of rotatable bonds is 9. The van der Waals surface area contributed by atoms with E-state index in [1.165, 1.54) is 0 Å². The number of hydrogen-bond donors (Lipinski definition) is 5. The van der Waals surface area contributed by atoms with E-state index in [0.29, 0.717) is 0 Å². The van der Waals surface area contributed by atoms with E-state index in [4.69, 9.17) is 15.9 Å². The van der Waals surface area contributed by atoms with Crippen molar-refractivity contribution in [3.63, 3.8) is 0 Å². The van der Waals surface area contributed by atoms with E-state index < -0.39 is 48.3 Å². The highest BCUT2D eigenvalue weighted by atomic mass is 16.4. The molecule has 0 aliphatic carbocycles. The Balaban J connectivity index is 5.01.